The molecule has 4 nitrogen and oxygen atoms in total. The van der Waals surface area contributed by atoms with Gasteiger partial charge in [-0.25, -0.2) is 0 Å². The van der Waals surface area contributed by atoms with Gasteiger partial charge in [0.25, 0.3) is 5.91 Å². The third kappa shape index (κ3) is 3.70. The zero-order valence-electron chi connectivity index (χ0n) is 11.6. The number of carbonyl (C=O) groups is 1. The number of likely N-dealkylation sites (N-methyl/N-ethyl adjacent to an activating group) is 1. The van der Waals surface area contributed by atoms with Gasteiger partial charge in [-0.3, -0.25) is 9.69 Å². The minimum Gasteiger partial charge on any atom is -0.508 e. The van der Waals surface area contributed by atoms with Crippen molar-refractivity contribution in [2.24, 2.45) is 0 Å². The number of hydrogen-bond donors (Lipinski definition) is 2. The van der Waals surface area contributed by atoms with E-state index in [4.69, 9.17) is 0 Å². The molecule has 2 N–H and O–H groups in total. The van der Waals surface area contributed by atoms with Gasteiger partial charge >= 0.3 is 0 Å². The van der Waals surface area contributed by atoms with Gasteiger partial charge in [-0.2, -0.15) is 0 Å². The first kappa shape index (κ1) is 13.9. The zero-order valence-corrected chi connectivity index (χ0v) is 11.6. The molecule has 19 heavy (non-hydrogen) atoms. The SMILES string of the molecule is CCN(CCNC(=O)c1ccc(O)c(C)c1)C1CC1. The average molecular weight is 262 g/mol. The summed E-state index contributed by atoms with van der Waals surface area (Å²) in [6, 6.07) is 5.66. The minimum absolute atomic E-state index is 0.0741. The second-order valence-corrected chi connectivity index (χ2v) is 5.12. The largest absolute Gasteiger partial charge is 0.508 e. The molecule has 0 radical (unpaired) electrons. The Hall–Kier alpha value is -1.55. The van der Waals surface area contributed by atoms with Crippen molar-refractivity contribution >= 4 is 5.91 Å². The summed E-state index contributed by atoms with van der Waals surface area (Å²) in [7, 11) is 0. The summed E-state index contributed by atoms with van der Waals surface area (Å²) in [5, 5.41) is 12.4. The number of nitrogens with zero attached hydrogens (tertiary/aromatic N) is 1. The first-order chi connectivity index (χ1) is 9.11. The van der Waals surface area contributed by atoms with E-state index in [0.29, 0.717) is 12.1 Å². The van der Waals surface area contributed by atoms with Crippen LogP contribution in [0.25, 0.3) is 0 Å². The average Bonchev–Trinajstić information content (AvgIpc) is 3.22. The number of hydrogen-bond acceptors (Lipinski definition) is 3. The molecule has 1 fully saturated rings. The molecule has 0 bridgehead atoms. The molecule has 104 valence electrons. The third-order valence-corrected chi connectivity index (χ3v) is 3.61. The van der Waals surface area contributed by atoms with Crippen LogP contribution in [0.1, 0.15) is 35.7 Å². The fourth-order valence-electron chi connectivity index (χ4n) is 2.25. The minimum atomic E-state index is -0.0741. The maximum Gasteiger partial charge on any atom is 0.251 e. The highest BCUT2D eigenvalue weighted by atomic mass is 16.3. The number of amides is 1. The predicted molar refractivity (Wildman–Crippen MR) is 75.4 cm³/mol. The van der Waals surface area contributed by atoms with Gasteiger partial charge in [0.2, 0.25) is 0 Å². The number of aromatic hydroxyl groups is 1. The Balaban J connectivity index is 1.81. The molecule has 0 heterocycles. The number of aryl methyl sites for hydroxylation is 1. The number of phenolic OH excluding ortho intramolecular Hbond substituents is 1. The molecule has 0 unspecified atom stereocenters. The Bertz CT molecular complexity index is 455. The van der Waals surface area contributed by atoms with Crippen LogP contribution in [-0.2, 0) is 0 Å². The van der Waals surface area contributed by atoms with Crippen LogP contribution < -0.4 is 5.32 Å². The van der Waals surface area contributed by atoms with Gasteiger partial charge in [-0.15, -0.1) is 0 Å². The molecule has 1 aliphatic carbocycles. The molecule has 4 heteroatoms. The van der Waals surface area contributed by atoms with Crippen LogP contribution in [0, 0.1) is 6.92 Å². The quantitative estimate of drug-likeness (QED) is 0.823. The van der Waals surface area contributed by atoms with Crippen LogP contribution in [0.15, 0.2) is 18.2 Å². The lowest BCUT2D eigenvalue weighted by Crippen LogP contribution is -2.36. The predicted octanol–water partition coefficient (Wildman–Crippen LogP) is 1.91. The van der Waals surface area contributed by atoms with Crippen LogP contribution in [-0.4, -0.2) is 41.6 Å². The normalized spacial score (nSPS) is 14.7. The number of benzene rings is 1. The van der Waals surface area contributed by atoms with E-state index >= 15 is 0 Å². The zero-order chi connectivity index (χ0) is 13.8. The summed E-state index contributed by atoms with van der Waals surface area (Å²) in [5.74, 6) is 0.150. The lowest BCUT2D eigenvalue weighted by Gasteiger charge is -2.19. The summed E-state index contributed by atoms with van der Waals surface area (Å²) >= 11 is 0. The molecular weight excluding hydrogens is 240 g/mol. The molecule has 1 aliphatic rings. The number of rotatable bonds is 6. The van der Waals surface area contributed by atoms with E-state index in [1.807, 2.05) is 0 Å². The van der Waals surface area contributed by atoms with E-state index in [-0.39, 0.29) is 11.7 Å². The van der Waals surface area contributed by atoms with Crippen molar-refractivity contribution in [2.75, 3.05) is 19.6 Å². The van der Waals surface area contributed by atoms with Gasteiger partial charge in [0.15, 0.2) is 0 Å². The van der Waals surface area contributed by atoms with Crippen LogP contribution in [0.4, 0.5) is 0 Å². The Morgan fingerprint density at radius 1 is 1.47 bits per heavy atom. The fraction of sp³-hybridized carbons (Fsp3) is 0.533. The summed E-state index contributed by atoms with van der Waals surface area (Å²) < 4.78 is 0. The maximum atomic E-state index is 12.0. The van der Waals surface area contributed by atoms with Crippen molar-refractivity contribution in [3.63, 3.8) is 0 Å². The van der Waals surface area contributed by atoms with Gasteiger partial charge < -0.3 is 10.4 Å². The van der Waals surface area contributed by atoms with E-state index in [1.165, 1.54) is 12.8 Å². The Morgan fingerprint density at radius 3 is 2.79 bits per heavy atom. The van der Waals surface area contributed by atoms with E-state index in [0.717, 1.165) is 24.7 Å². The smallest absolute Gasteiger partial charge is 0.251 e. The first-order valence-corrected chi connectivity index (χ1v) is 6.93. The fourth-order valence-corrected chi connectivity index (χ4v) is 2.25. The Morgan fingerprint density at radius 2 is 2.21 bits per heavy atom. The molecule has 1 aromatic carbocycles. The van der Waals surface area contributed by atoms with Gasteiger partial charge in [0.05, 0.1) is 0 Å². The molecule has 0 spiro atoms. The number of nitrogens with one attached hydrogen (secondary N) is 1. The van der Waals surface area contributed by atoms with Crippen molar-refractivity contribution in [2.45, 2.75) is 32.7 Å². The molecule has 0 atom stereocenters. The van der Waals surface area contributed by atoms with E-state index < -0.39 is 0 Å². The van der Waals surface area contributed by atoms with Crippen LogP contribution in [0.5, 0.6) is 5.75 Å². The van der Waals surface area contributed by atoms with E-state index in [1.54, 1.807) is 25.1 Å². The maximum absolute atomic E-state index is 12.0. The third-order valence-electron chi connectivity index (χ3n) is 3.61. The van der Waals surface area contributed by atoms with Gasteiger partial charge in [-0.1, -0.05) is 6.92 Å². The standard InChI is InChI=1S/C15H22N2O2/c1-3-17(13-5-6-13)9-8-16-15(19)12-4-7-14(18)11(2)10-12/h4,7,10,13,18H,3,5-6,8-9H2,1-2H3,(H,16,19). The summed E-state index contributed by atoms with van der Waals surface area (Å²) in [6.07, 6.45) is 2.58. The molecule has 0 saturated heterocycles. The van der Waals surface area contributed by atoms with Gasteiger partial charge in [0, 0.05) is 24.7 Å². The molecule has 0 aromatic heterocycles. The van der Waals surface area contributed by atoms with Crippen LogP contribution in [0.2, 0.25) is 0 Å². The summed E-state index contributed by atoms with van der Waals surface area (Å²) in [4.78, 5) is 14.4. The molecule has 2 rings (SSSR count). The van der Waals surface area contributed by atoms with Crippen molar-refractivity contribution < 1.29 is 9.90 Å². The van der Waals surface area contributed by atoms with Gasteiger partial charge in [0.1, 0.15) is 5.75 Å². The van der Waals surface area contributed by atoms with Crippen molar-refractivity contribution in [3.8, 4) is 5.75 Å². The van der Waals surface area contributed by atoms with Crippen molar-refractivity contribution in [3.05, 3.63) is 29.3 Å². The summed E-state index contributed by atoms with van der Waals surface area (Å²) in [5.41, 5.74) is 1.32. The number of carbonyl (C=O) groups excluding carboxylic acids is 1. The van der Waals surface area contributed by atoms with E-state index in [9.17, 15) is 9.90 Å². The van der Waals surface area contributed by atoms with Crippen LogP contribution >= 0.6 is 0 Å². The molecule has 1 saturated carbocycles. The molecule has 1 amide bonds. The second kappa shape index (κ2) is 6.06. The van der Waals surface area contributed by atoms with Gasteiger partial charge in [-0.05, 0) is 50.1 Å². The molecular formula is C15H22N2O2. The monoisotopic (exact) mass is 262 g/mol. The summed E-state index contributed by atoms with van der Waals surface area (Å²) in [6.45, 7) is 6.56. The topological polar surface area (TPSA) is 52.6 Å². The van der Waals surface area contributed by atoms with E-state index in [2.05, 4.69) is 17.1 Å². The van der Waals surface area contributed by atoms with Crippen LogP contribution in [0.3, 0.4) is 0 Å². The molecule has 1 aromatic rings. The highest BCUT2D eigenvalue weighted by molar-refractivity contribution is 5.94. The van der Waals surface area contributed by atoms with Crippen molar-refractivity contribution in [1.29, 1.82) is 0 Å². The lowest BCUT2D eigenvalue weighted by molar-refractivity contribution is 0.0948. The number of phenols is 1. The Kier molecular flexibility index (Phi) is 4.43. The molecule has 0 aliphatic heterocycles. The first-order valence-electron chi connectivity index (χ1n) is 6.93. The Labute approximate surface area is 114 Å². The van der Waals surface area contributed by atoms with Crippen molar-refractivity contribution in [1.82, 2.24) is 10.2 Å². The second-order valence-electron chi connectivity index (χ2n) is 5.12. The highest BCUT2D eigenvalue weighted by Gasteiger charge is 2.27. The lowest BCUT2D eigenvalue weighted by atomic mass is 10.1. The highest BCUT2D eigenvalue weighted by Crippen LogP contribution is 2.25.